The maximum absolute atomic E-state index is 12.6. The fraction of sp³-hybridized carbons (Fsp3) is 0.235. The summed E-state index contributed by atoms with van der Waals surface area (Å²) in [5.41, 5.74) is 0.718. The van der Waals surface area contributed by atoms with E-state index in [1.165, 1.54) is 12.1 Å². The Morgan fingerprint density at radius 3 is 2.56 bits per heavy atom. The molecule has 3 rings (SSSR count). The smallest absolute Gasteiger partial charge is 0.245 e. The Labute approximate surface area is 155 Å². The number of rotatable bonds is 5. The number of carbonyl (C=O) groups excluding carboxylic acids is 1. The summed E-state index contributed by atoms with van der Waals surface area (Å²) in [5, 5.41) is 0. The topological polar surface area (TPSA) is 75.7 Å². The lowest BCUT2D eigenvalue weighted by atomic mass is 10.2. The van der Waals surface area contributed by atoms with Crippen LogP contribution in [0.3, 0.4) is 0 Å². The number of sulfonamides is 1. The number of nitrogens with one attached hydrogen (secondary N) is 1. The number of halogens is 1. The van der Waals surface area contributed by atoms with Crippen LogP contribution in [-0.4, -0.2) is 34.0 Å². The van der Waals surface area contributed by atoms with Crippen LogP contribution in [0.25, 0.3) is 0 Å². The zero-order valence-electron chi connectivity index (χ0n) is 13.5. The van der Waals surface area contributed by atoms with E-state index in [9.17, 15) is 13.2 Å². The third-order valence-corrected chi connectivity index (χ3v) is 5.96. The molecule has 0 saturated carbocycles. The molecule has 8 heteroatoms. The minimum atomic E-state index is -3.76. The minimum absolute atomic E-state index is 0.123. The summed E-state index contributed by atoms with van der Waals surface area (Å²) in [5.74, 6) is 0.436. The Morgan fingerprint density at radius 2 is 1.92 bits per heavy atom. The lowest BCUT2D eigenvalue weighted by Gasteiger charge is -2.17. The van der Waals surface area contributed by atoms with E-state index in [4.69, 9.17) is 4.74 Å². The standard InChI is InChI=1S/C17H17BrN2O4S/c1-24-14-7-5-13(6-8-14)20-10-9-16(17(20)21)19-25(22,23)15-4-2-3-12(18)11-15/h2-8,11,16,19H,9-10H2,1H3. The first kappa shape index (κ1) is 17.9. The van der Waals surface area contributed by atoms with Gasteiger partial charge >= 0.3 is 0 Å². The van der Waals surface area contributed by atoms with Gasteiger partial charge in [0.05, 0.1) is 12.0 Å². The van der Waals surface area contributed by atoms with E-state index in [1.54, 1.807) is 48.4 Å². The van der Waals surface area contributed by atoms with Crippen molar-refractivity contribution in [3.05, 3.63) is 53.0 Å². The van der Waals surface area contributed by atoms with E-state index in [-0.39, 0.29) is 10.8 Å². The second-order valence-electron chi connectivity index (χ2n) is 5.61. The van der Waals surface area contributed by atoms with Crippen molar-refractivity contribution < 1.29 is 17.9 Å². The van der Waals surface area contributed by atoms with Crippen molar-refractivity contribution in [1.82, 2.24) is 4.72 Å². The van der Waals surface area contributed by atoms with Gasteiger partial charge in [-0.3, -0.25) is 4.79 Å². The second kappa shape index (κ2) is 7.15. The van der Waals surface area contributed by atoms with Crippen LogP contribution in [0.15, 0.2) is 57.9 Å². The van der Waals surface area contributed by atoms with E-state index in [0.29, 0.717) is 23.2 Å². The first-order valence-electron chi connectivity index (χ1n) is 7.64. The highest BCUT2D eigenvalue weighted by Gasteiger charge is 2.35. The number of ether oxygens (including phenoxy) is 1. The number of anilines is 1. The summed E-state index contributed by atoms with van der Waals surface area (Å²) in [6.07, 6.45) is 0.415. The predicted octanol–water partition coefficient (Wildman–Crippen LogP) is 2.54. The van der Waals surface area contributed by atoms with Crippen molar-refractivity contribution in [1.29, 1.82) is 0 Å². The molecule has 1 heterocycles. The zero-order chi connectivity index (χ0) is 18.0. The number of benzene rings is 2. The number of hydrogen-bond acceptors (Lipinski definition) is 4. The highest BCUT2D eigenvalue weighted by Crippen LogP contribution is 2.25. The van der Waals surface area contributed by atoms with Crippen LogP contribution in [0.5, 0.6) is 5.75 Å². The summed E-state index contributed by atoms with van der Waals surface area (Å²) >= 11 is 3.25. The molecule has 0 aliphatic carbocycles. The van der Waals surface area contributed by atoms with Crippen molar-refractivity contribution in [3.8, 4) is 5.75 Å². The molecular weight excluding hydrogens is 408 g/mol. The fourth-order valence-electron chi connectivity index (χ4n) is 2.70. The van der Waals surface area contributed by atoms with Gasteiger partial charge in [0, 0.05) is 16.7 Å². The van der Waals surface area contributed by atoms with Crippen molar-refractivity contribution in [2.24, 2.45) is 0 Å². The highest BCUT2D eigenvalue weighted by atomic mass is 79.9. The number of carbonyl (C=O) groups is 1. The molecule has 0 spiro atoms. The van der Waals surface area contributed by atoms with Crippen LogP contribution in [-0.2, 0) is 14.8 Å². The largest absolute Gasteiger partial charge is 0.497 e. The van der Waals surface area contributed by atoms with Gasteiger partial charge in [0.2, 0.25) is 15.9 Å². The third-order valence-electron chi connectivity index (χ3n) is 3.99. The predicted molar refractivity (Wildman–Crippen MR) is 98.2 cm³/mol. The van der Waals surface area contributed by atoms with Gasteiger partial charge in [-0.2, -0.15) is 4.72 Å². The van der Waals surface area contributed by atoms with Crippen molar-refractivity contribution in [2.75, 3.05) is 18.6 Å². The molecule has 2 aromatic carbocycles. The van der Waals surface area contributed by atoms with Crippen LogP contribution < -0.4 is 14.4 Å². The molecule has 6 nitrogen and oxygen atoms in total. The first-order chi connectivity index (χ1) is 11.9. The molecule has 1 N–H and O–H groups in total. The first-order valence-corrected chi connectivity index (χ1v) is 9.91. The number of hydrogen-bond donors (Lipinski definition) is 1. The van der Waals surface area contributed by atoms with E-state index in [0.717, 1.165) is 5.69 Å². The van der Waals surface area contributed by atoms with Crippen LogP contribution in [0, 0.1) is 0 Å². The summed E-state index contributed by atoms with van der Waals surface area (Å²) in [4.78, 5) is 14.3. The summed E-state index contributed by atoms with van der Waals surface area (Å²) in [6.45, 7) is 0.455. The van der Waals surface area contributed by atoms with Crippen molar-refractivity contribution in [3.63, 3.8) is 0 Å². The van der Waals surface area contributed by atoms with Crippen molar-refractivity contribution >= 4 is 37.5 Å². The Morgan fingerprint density at radius 1 is 1.20 bits per heavy atom. The fourth-order valence-corrected chi connectivity index (χ4v) is 4.52. The quantitative estimate of drug-likeness (QED) is 0.799. The van der Waals surface area contributed by atoms with Gasteiger partial charge in [-0.05, 0) is 48.9 Å². The Hall–Kier alpha value is -1.90. The molecule has 1 atom stereocenters. The van der Waals surface area contributed by atoms with Crippen molar-refractivity contribution in [2.45, 2.75) is 17.4 Å². The van der Waals surface area contributed by atoms with Gasteiger partial charge < -0.3 is 9.64 Å². The lowest BCUT2D eigenvalue weighted by Crippen LogP contribution is -2.41. The van der Waals surface area contributed by atoms with E-state index in [2.05, 4.69) is 20.7 Å². The minimum Gasteiger partial charge on any atom is -0.497 e. The average molecular weight is 425 g/mol. The molecule has 1 unspecified atom stereocenters. The molecule has 1 saturated heterocycles. The van der Waals surface area contributed by atoms with E-state index >= 15 is 0 Å². The molecule has 1 aliphatic rings. The van der Waals surface area contributed by atoms with Gasteiger partial charge in [-0.25, -0.2) is 8.42 Å². The molecule has 0 bridgehead atoms. The lowest BCUT2D eigenvalue weighted by molar-refractivity contribution is -0.118. The van der Waals surface area contributed by atoms with Gasteiger partial charge in [-0.1, -0.05) is 22.0 Å². The molecule has 2 aromatic rings. The normalized spacial score (nSPS) is 17.8. The summed E-state index contributed by atoms with van der Waals surface area (Å²) < 4.78 is 33.3. The summed E-state index contributed by atoms with van der Waals surface area (Å²) in [6, 6.07) is 12.7. The number of amides is 1. The number of methoxy groups -OCH3 is 1. The van der Waals surface area contributed by atoms with Gasteiger partial charge in [0.25, 0.3) is 0 Å². The van der Waals surface area contributed by atoms with Crippen LogP contribution in [0.2, 0.25) is 0 Å². The maximum atomic E-state index is 12.6. The van der Waals surface area contributed by atoms with Gasteiger partial charge in [-0.15, -0.1) is 0 Å². The summed E-state index contributed by atoms with van der Waals surface area (Å²) in [7, 11) is -2.19. The highest BCUT2D eigenvalue weighted by molar-refractivity contribution is 9.10. The van der Waals surface area contributed by atoms with Crippen LogP contribution in [0.1, 0.15) is 6.42 Å². The Bertz CT molecular complexity index is 884. The van der Waals surface area contributed by atoms with Gasteiger partial charge in [0.15, 0.2) is 0 Å². The van der Waals surface area contributed by atoms with Gasteiger partial charge in [0.1, 0.15) is 11.8 Å². The zero-order valence-corrected chi connectivity index (χ0v) is 15.9. The van der Waals surface area contributed by atoms with Crippen LogP contribution in [0.4, 0.5) is 5.69 Å². The average Bonchev–Trinajstić information content (AvgIpc) is 2.95. The molecular formula is C17H17BrN2O4S. The third kappa shape index (κ3) is 3.86. The molecule has 25 heavy (non-hydrogen) atoms. The van der Waals surface area contributed by atoms with Crippen LogP contribution >= 0.6 is 15.9 Å². The molecule has 0 radical (unpaired) electrons. The molecule has 1 amide bonds. The van der Waals surface area contributed by atoms with E-state index in [1.807, 2.05) is 0 Å². The van der Waals surface area contributed by atoms with E-state index < -0.39 is 16.1 Å². The monoisotopic (exact) mass is 424 g/mol. The number of nitrogens with zero attached hydrogens (tertiary/aromatic N) is 1. The molecule has 1 aliphatic heterocycles. The molecule has 1 fully saturated rings. The SMILES string of the molecule is COc1ccc(N2CCC(NS(=O)(=O)c3cccc(Br)c3)C2=O)cc1. The Kier molecular flexibility index (Phi) is 5.12. The maximum Gasteiger partial charge on any atom is 0.245 e. The molecule has 0 aromatic heterocycles. The molecule has 132 valence electrons. The Balaban J connectivity index is 1.75. The second-order valence-corrected chi connectivity index (χ2v) is 8.24.